The molecular formula is C28H27ClN2O2. The fourth-order valence-electron chi connectivity index (χ4n) is 3.81. The van der Waals surface area contributed by atoms with Gasteiger partial charge in [0.25, 0.3) is 5.91 Å². The number of ether oxygens (including phenoxy) is 1. The number of halogens is 1. The van der Waals surface area contributed by atoms with E-state index in [0.29, 0.717) is 22.9 Å². The Morgan fingerprint density at radius 2 is 1.85 bits per heavy atom. The highest BCUT2D eigenvalue weighted by molar-refractivity contribution is 6.30. The number of nitrogens with zero attached hydrogens (tertiary/aromatic N) is 1. The molecule has 1 N–H and O–H groups in total. The number of benzene rings is 3. The molecule has 33 heavy (non-hydrogen) atoms. The van der Waals surface area contributed by atoms with Gasteiger partial charge in [0.1, 0.15) is 5.75 Å². The van der Waals surface area contributed by atoms with Gasteiger partial charge in [0, 0.05) is 33.6 Å². The zero-order valence-corrected chi connectivity index (χ0v) is 19.6. The summed E-state index contributed by atoms with van der Waals surface area (Å²) in [4.78, 5) is 17.7. The molecule has 0 aliphatic carbocycles. The van der Waals surface area contributed by atoms with Crippen molar-refractivity contribution in [2.24, 2.45) is 0 Å². The number of hydrogen-bond acceptors (Lipinski definition) is 3. The Morgan fingerprint density at radius 3 is 2.61 bits per heavy atom. The SMILES string of the molecule is CCOc1cc(-c2cccc(Cl)c2)nc2ccc(C(=O)N[C@H](C)CCc3ccccc3)cc12. The van der Waals surface area contributed by atoms with E-state index in [-0.39, 0.29) is 11.9 Å². The Bertz CT molecular complexity index is 1260. The number of pyridine rings is 1. The Kier molecular flexibility index (Phi) is 7.26. The maximum absolute atomic E-state index is 12.9. The average molecular weight is 459 g/mol. The van der Waals surface area contributed by atoms with Crippen LogP contribution in [0.25, 0.3) is 22.2 Å². The molecule has 1 aromatic heterocycles. The smallest absolute Gasteiger partial charge is 0.251 e. The molecule has 0 spiro atoms. The molecule has 4 nitrogen and oxygen atoms in total. The van der Waals surface area contributed by atoms with Gasteiger partial charge >= 0.3 is 0 Å². The van der Waals surface area contributed by atoms with Crippen LogP contribution in [0.5, 0.6) is 5.75 Å². The number of hydrogen-bond donors (Lipinski definition) is 1. The molecular weight excluding hydrogens is 432 g/mol. The first-order chi connectivity index (χ1) is 16.0. The quantitative estimate of drug-likeness (QED) is 0.319. The molecule has 0 fully saturated rings. The standard InChI is InChI=1S/C28H27ClN2O2/c1-3-33-27-18-26(21-10-7-11-23(29)16-21)31-25-15-14-22(17-24(25)27)28(32)30-19(2)12-13-20-8-5-4-6-9-20/h4-11,14-19H,3,12-13H2,1-2H3,(H,30,32)/t19-/m1/s1. The molecule has 0 saturated heterocycles. The molecule has 0 saturated carbocycles. The Hall–Kier alpha value is -3.37. The van der Waals surface area contributed by atoms with E-state index in [2.05, 4.69) is 17.4 Å². The summed E-state index contributed by atoms with van der Waals surface area (Å²) >= 11 is 6.16. The van der Waals surface area contributed by atoms with Gasteiger partial charge < -0.3 is 10.1 Å². The van der Waals surface area contributed by atoms with E-state index in [1.807, 2.05) is 80.6 Å². The van der Waals surface area contributed by atoms with E-state index in [1.165, 1.54) is 5.56 Å². The first-order valence-electron chi connectivity index (χ1n) is 11.2. The molecule has 0 radical (unpaired) electrons. The molecule has 3 aromatic carbocycles. The maximum atomic E-state index is 12.9. The number of aryl methyl sites for hydroxylation is 1. The molecule has 1 amide bonds. The van der Waals surface area contributed by atoms with E-state index in [0.717, 1.165) is 35.0 Å². The molecule has 5 heteroatoms. The minimum Gasteiger partial charge on any atom is -0.493 e. The van der Waals surface area contributed by atoms with Crippen molar-refractivity contribution in [1.82, 2.24) is 10.3 Å². The molecule has 0 unspecified atom stereocenters. The molecule has 4 aromatic rings. The van der Waals surface area contributed by atoms with Gasteiger partial charge in [-0.3, -0.25) is 4.79 Å². The predicted octanol–water partition coefficient (Wildman–Crippen LogP) is 6.71. The molecule has 0 bridgehead atoms. The van der Waals surface area contributed by atoms with Gasteiger partial charge in [-0.15, -0.1) is 0 Å². The predicted molar refractivity (Wildman–Crippen MR) is 135 cm³/mol. The van der Waals surface area contributed by atoms with Gasteiger partial charge in [-0.2, -0.15) is 0 Å². The van der Waals surface area contributed by atoms with Gasteiger partial charge in [0.05, 0.1) is 17.8 Å². The van der Waals surface area contributed by atoms with Crippen molar-refractivity contribution in [3.8, 4) is 17.0 Å². The Balaban J connectivity index is 1.55. The van der Waals surface area contributed by atoms with E-state index in [9.17, 15) is 4.79 Å². The second kappa shape index (κ2) is 10.5. The number of fused-ring (bicyclic) bond motifs is 1. The van der Waals surface area contributed by atoms with Crippen molar-refractivity contribution >= 4 is 28.4 Å². The van der Waals surface area contributed by atoms with Crippen LogP contribution in [0.2, 0.25) is 5.02 Å². The van der Waals surface area contributed by atoms with E-state index >= 15 is 0 Å². The minimum absolute atomic E-state index is 0.0584. The molecule has 1 heterocycles. The largest absolute Gasteiger partial charge is 0.493 e. The summed E-state index contributed by atoms with van der Waals surface area (Å²) < 4.78 is 5.91. The highest BCUT2D eigenvalue weighted by Gasteiger charge is 2.14. The van der Waals surface area contributed by atoms with Crippen LogP contribution >= 0.6 is 11.6 Å². The van der Waals surface area contributed by atoms with Crippen LogP contribution in [-0.2, 0) is 6.42 Å². The van der Waals surface area contributed by atoms with Crippen LogP contribution in [0.3, 0.4) is 0 Å². The lowest BCUT2D eigenvalue weighted by Gasteiger charge is -2.15. The van der Waals surface area contributed by atoms with Crippen LogP contribution in [0.1, 0.15) is 36.2 Å². The minimum atomic E-state index is -0.0983. The second-order valence-corrected chi connectivity index (χ2v) is 8.52. The number of aromatic nitrogens is 1. The van der Waals surface area contributed by atoms with Crippen molar-refractivity contribution < 1.29 is 9.53 Å². The third-order valence-electron chi connectivity index (χ3n) is 5.54. The maximum Gasteiger partial charge on any atom is 0.251 e. The van der Waals surface area contributed by atoms with Crippen molar-refractivity contribution in [3.63, 3.8) is 0 Å². The summed E-state index contributed by atoms with van der Waals surface area (Å²) in [6, 6.07) is 25.4. The highest BCUT2D eigenvalue weighted by atomic mass is 35.5. The molecule has 0 aliphatic rings. The van der Waals surface area contributed by atoms with Crippen LogP contribution in [0.4, 0.5) is 0 Å². The lowest BCUT2D eigenvalue weighted by atomic mass is 10.0. The lowest BCUT2D eigenvalue weighted by Crippen LogP contribution is -2.32. The van der Waals surface area contributed by atoms with Crippen molar-refractivity contribution in [2.45, 2.75) is 32.7 Å². The topological polar surface area (TPSA) is 51.2 Å². The number of rotatable bonds is 8. The summed E-state index contributed by atoms with van der Waals surface area (Å²) in [7, 11) is 0. The van der Waals surface area contributed by atoms with Gasteiger partial charge in [0.2, 0.25) is 0 Å². The van der Waals surface area contributed by atoms with Crippen LogP contribution in [0.15, 0.2) is 78.9 Å². The Morgan fingerprint density at radius 1 is 1.03 bits per heavy atom. The summed E-state index contributed by atoms with van der Waals surface area (Å²) in [6.45, 7) is 4.49. The first kappa shape index (κ1) is 22.8. The van der Waals surface area contributed by atoms with Gasteiger partial charge in [-0.05, 0) is 62.6 Å². The van der Waals surface area contributed by atoms with Crippen LogP contribution in [0, 0.1) is 0 Å². The second-order valence-electron chi connectivity index (χ2n) is 8.08. The monoisotopic (exact) mass is 458 g/mol. The third kappa shape index (κ3) is 5.71. The molecule has 4 rings (SSSR count). The third-order valence-corrected chi connectivity index (χ3v) is 5.77. The van der Waals surface area contributed by atoms with E-state index in [4.69, 9.17) is 21.3 Å². The summed E-state index contributed by atoms with van der Waals surface area (Å²) in [5.41, 5.74) is 4.32. The summed E-state index contributed by atoms with van der Waals surface area (Å²) in [5.74, 6) is 0.600. The van der Waals surface area contributed by atoms with Gasteiger partial charge in [0.15, 0.2) is 0 Å². The summed E-state index contributed by atoms with van der Waals surface area (Å²) in [5, 5.41) is 4.58. The fourth-order valence-corrected chi connectivity index (χ4v) is 4.00. The molecule has 1 atom stereocenters. The van der Waals surface area contributed by atoms with E-state index in [1.54, 1.807) is 0 Å². The Labute approximate surface area is 199 Å². The van der Waals surface area contributed by atoms with Crippen molar-refractivity contribution in [1.29, 1.82) is 0 Å². The zero-order chi connectivity index (χ0) is 23.2. The molecule has 168 valence electrons. The molecule has 0 aliphatic heterocycles. The van der Waals surface area contributed by atoms with Crippen molar-refractivity contribution in [3.05, 3.63) is 95.0 Å². The summed E-state index contributed by atoms with van der Waals surface area (Å²) in [6.07, 6.45) is 1.79. The van der Waals surface area contributed by atoms with Gasteiger partial charge in [-0.25, -0.2) is 4.98 Å². The first-order valence-corrected chi connectivity index (χ1v) is 11.6. The number of carbonyl (C=O) groups excluding carboxylic acids is 1. The van der Waals surface area contributed by atoms with Crippen molar-refractivity contribution in [2.75, 3.05) is 6.61 Å². The zero-order valence-electron chi connectivity index (χ0n) is 18.8. The van der Waals surface area contributed by atoms with Crippen LogP contribution < -0.4 is 10.1 Å². The lowest BCUT2D eigenvalue weighted by molar-refractivity contribution is 0.0938. The van der Waals surface area contributed by atoms with E-state index < -0.39 is 0 Å². The van der Waals surface area contributed by atoms with Gasteiger partial charge in [-0.1, -0.05) is 54.1 Å². The number of nitrogens with one attached hydrogen (secondary N) is 1. The number of amides is 1. The normalized spacial score (nSPS) is 11.8. The number of carbonyl (C=O) groups is 1. The average Bonchev–Trinajstić information content (AvgIpc) is 2.83. The fraction of sp³-hybridized carbons (Fsp3) is 0.214. The van der Waals surface area contributed by atoms with Crippen LogP contribution in [-0.4, -0.2) is 23.5 Å². The highest BCUT2D eigenvalue weighted by Crippen LogP contribution is 2.31.